The van der Waals surface area contributed by atoms with Gasteiger partial charge < -0.3 is 14.9 Å². The van der Waals surface area contributed by atoms with E-state index in [4.69, 9.17) is 4.74 Å². The summed E-state index contributed by atoms with van der Waals surface area (Å²) in [6.45, 7) is 0. The van der Waals surface area contributed by atoms with Crippen LogP contribution in [0.5, 0.6) is 17.2 Å². The van der Waals surface area contributed by atoms with E-state index in [9.17, 15) is 18.6 Å². The zero-order chi connectivity index (χ0) is 23.4. The van der Waals surface area contributed by atoms with Crippen molar-refractivity contribution in [2.75, 3.05) is 11.8 Å². The van der Waals surface area contributed by atoms with Crippen molar-refractivity contribution in [1.29, 1.82) is 0 Å². The smallest absolute Gasteiger partial charge is 0.262 e. The minimum absolute atomic E-state index is 0.115. The van der Waals surface area contributed by atoms with Gasteiger partial charge in [-0.3, -0.25) is 4.72 Å². The predicted molar refractivity (Wildman–Crippen MR) is 127 cm³/mol. The maximum atomic E-state index is 13.5. The van der Waals surface area contributed by atoms with Crippen LogP contribution in [0.2, 0.25) is 0 Å². The van der Waals surface area contributed by atoms with Crippen LogP contribution in [-0.2, 0) is 10.0 Å². The number of hydrogen-bond acceptors (Lipinski definition) is 5. The number of methoxy groups -OCH3 is 1. The molecule has 7 heteroatoms. The molecule has 0 spiro atoms. The Hall–Kier alpha value is -3.97. The molecule has 0 heterocycles. The fourth-order valence-electron chi connectivity index (χ4n) is 3.75. The van der Waals surface area contributed by atoms with E-state index in [2.05, 4.69) is 4.72 Å². The van der Waals surface area contributed by atoms with Crippen LogP contribution in [0.1, 0.15) is 22.6 Å². The zero-order valence-corrected chi connectivity index (χ0v) is 18.7. The van der Waals surface area contributed by atoms with Gasteiger partial charge in [-0.15, -0.1) is 0 Å². The summed E-state index contributed by atoms with van der Waals surface area (Å²) in [5.41, 5.74) is 2.53. The van der Waals surface area contributed by atoms with Crippen molar-refractivity contribution in [1.82, 2.24) is 0 Å². The van der Waals surface area contributed by atoms with E-state index >= 15 is 0 Å². The topological polar surface area (TPSA) is 95.9 Å². The summed E-state index contributed by atoms with van der Waals surface area (Å²) in [5.74, 6) is 0.312. The van der Waals surface area contributed by atoms with Crippen LogP contribution < -0.4 is 9.46 Å². The summed E-state index contributed by atoms with van der Waals surface area (Å²) in [6.07, 6.45) is 0. The van der Waals surface area contributed by atoms with Crippen molar-refractivity contribution < 1.29 is 23.4 Å². The summed E-state index contributed by atoms with van der Waals surface area (Å²) in [6, 6.07) is 26.8. The maximum Gasteiger partial charge on any atom is 0.262 e. The quantitative estimate of drug-likeness (QED) is 0.333. The van der Waals surface area contributed by atoms with E-state index in [1.807, 2.05) is 0 Å². The van der Waals surface area contributed by atoms with Gasteiger partial charge in [0.1, 0.15) is 17.2 Å². The second kappa shape index (κ2) is 9.26. The summed E-state index contributed by atoms with van der Waals surface area (Å²) >= 11 is 0. The summed E-state index contributed by atoms with van der Waals surface area (Å²) in [5, 5.41) is 19.5. The third kappa shape index (κ3) is 4.94. The van der Waals surface area contributed by atoms with Gasteiger partial charge in [0, 0.05) is 12.0 Å². The molecule has 0 amide bonds. The SMILES string of the molecule is COc1cccc(NS(=O)(=O)c2ccccc2C(c2ccc(O)cc2)c2ccc(O)cc2)c1. The third-order valence-electron chi connectivity index (χ3n) is 5.29. The molecule has 3 N–H and O–H groups in total. The van der Waals surface area contributed by atoms with Gasteiger partial charge in [0.25, 0.3) is 10.0 Å². The molecule has 33 heavy (non-hydrogen) atoms. The minimum atomic E-state index is -3.95. The van der Waals surface area contributed by atoms with Crippen LogP contribution >= 0.6 is 0 Å². The molecule has 0 saturated carbocycles. The van der Waals surface area contributed by atoms with E-state index in [0.29, 0.717) is 17.0 Å². The minimum Gasteiger partial charge on any atom is -0.508 e. The maximum absolute atomic E-state index is 13.5. The Kier molecular flexibility index (Phi) is 6.24. The highest BCUT2D eigenvalue weighted by Gasteiger charge is 2.26. The highest BCUT2D eigenvalue weighted by molar-refractivity contribution is 7.92. The van der Waals surface area contributed by atoms with Crippen LogP contribution in [-0.4, -0.2) is 25.7 Å². The van der Waals surface area contributed by atoms with E-state index in [-0.39, 0.29) is 16.4 Å². The molecular formula is C26H23NO5S. The number of aromatic hydroxyl groups is 2. The Labute approximate surface area is 192 Å². The van der Waals surface area contributed by atoms with Crippen LogP contribution in [0.15, 0.2) is 102 Å². The van der Waals surface area contributed by atoms with E-state index in [1.165, 1.54) is 7.11 Å². The van der Waals surface area contributed by atoms with Gasteiger partial charge in [-0.2, -0.15) is 0 Å². The molecule has 0 radical (unpaired) electrons. The molecule has 0 aliphatic heterocycles. The van der Waals surface area contributed by atoms with E-state index in [0.717, 1.165) is 11.1 Å². The first-order valence-corrected chi connectivity index (χ1v) is 11.7. The first-order valence-electron chi connectivity index (χ1n) is 10.2. The molecule has 6 nitrogen and oxygen atoms in total. The molecule has 0 saturated heterocycles. The number of anilines is 1. The first kappa shape index (κ1) is 22.2. The number of rotatable bonds is 7. The van der Waals surface area contributed by atoms with Gasteiger partial charge in [0.05, 0.1) is 17.7 Å². The second-order valence-electron chi connectivity index (χ2n) is 7.49. The summed E-state index contributed by atoms with van der Waals surface area (Å²) in [4.78, 5) is 0.124. The largest absolute Gasteiger partial charge is 0.508 e. The molecule has 4 rings (SSSR count). The Morgan fingerprint density at radius 1 is 0.758 bits per heavy atom. The van der Waals surface area contributed by atoms with Crippen LogP contribution in [0, 0.1) is 0 Å². The molecular weight excluding hydrogens is 438 g/mol. The number of nitrogens with one attached hydrogen (secondary N) is 1. The fraction of sp³-hybridized carbons (Fsp3) is 0.0769. The van der Waals surface area contributed by atoms with Crippen molar-refractivity contribution >= 4 is 15.7 Å². The van der Waals surface area contributed by atoms with Crippen molar-refractivity contribution in [3.05, 3.63) is 114 Å². The predicted octanol–water partition coefficient (Wildman–Crippen LogP) is 5.09. The highest BCUT2D eigenvalue weighted by atomic mass is 32.2. The van der Waals surface area contributed by atoms with Gasteiger partial charge in [0.15, 0.2) is 0 Å². The molecule has 0 fully saturated rings. The second-order valence-corrected chi connectivity index (χ2v) is 9.14. The number of hydrogen-bond donors (Lipinski definition) is 3. The van der Waals surface area contributed by atoms with Gasteiger partial charge >= 0.3 is 0 Å². The molecule has 0 aromatic heterocycles. The zero-order valence-electron chi connectivity index (χ0n) is 17.8. The average molecular weight is 462 g/mol. The summed E-state index contributed by atoms with van der Waals surface area (Å²) < 4.78 is 34.8. The van der Waals surface area contributed by atoms with Gasteiger partial charge in [-0.1, -0.05) is 48.5 Å². The molecule has 0 aliphatic carbocycles. The first-order chi connectivity index (χ1) is 15.9. The number of phenols is 2. The lowest BCUT2D eigenvalue weighted by Crippen LogP contribution is -2.17. The van der Waals surface area contributed by atoms with Gasteiger partial charge in [-0.25, -0.2) is 8.42 Å². The molecule has 168 valence electrons. The Morgan fingerprint density at radius 2 is 1.33 bits per heavy atom. The standard InChI is InChI=1S/C26H23NO5S/c1-32-23-6-4-5-20(17-23)27-33(30,31)25-8-3-2-7-24(25)26(18-9-13-21(28)14-10-18)19-11-15-22(29)16-12-19/h2-17,26-29H,1H3. The lowest BCUT2D eigenvalue weighted by Gasteiger charge is -2.22. The number of phenolic OH excluding ortho intramolecular Hbond substituents is 2. The monoisotopic (exact) mass is 461 g/mol. The average Bonchev–Trinajstić information content (AvgIpc) is 2.82. The highest BCUT2D eigenvalue weighted by Crippen LogP contribution is 2.37. The van der Waals surface area contributed by atoms with Crippen LogP contribution in [0.3, 0.4) is 0 Å². The van der Waals surface area contributed by atoms with Crippen molar-refractivity contribution in [2.24, 2.45) is 0 Å². The third-order valence-corrected chi connectivity index (χ3v) is 6.75. The van der Waals surface area contributed by atoms with Gasteiger partial charge in [0.2, 0.25) is 0 Å². The Bertz CT molecular complexity index is 1300. The molecule has 0 unspecified atom stereocenters. The molecule has 0 bridgehead atoms. The fourth-order valence-corrected chi connectivity index (χ4v) is 5.05. The normalized spacial score (nSPS) is 11.3. The van der Waals surface area contributed by atoms with E-state index < -0.39 is 15.9 Å². The Balaban J connectivity index is 1.84. The van der Waals surface area contributed by atoms with Crippen molar-refractivity contribution in [3.8, 4) is 17.2 Å². The molecule has 0 aliphatic rings. The van der Waals surface area contributed by atoms with E-state index in [1.54, 1.807) is 97.1 Å². The van der Waals surface area contributed by atoms with Crippen LogP contribution in [0.25, 0.3) is 0 Å². The van der Waals surface area contributed by atoms with Gasteiger partial charge in [-0.05, 0) is 59.2 Å². The number of sulfonamides is 1. The molecule has 4 aromatic rings. The molecule has 4 aromatic carbocycles. The van der Waals surface area contributed by atoms with Crippen LogP contribution in [0.4, 0.5) is 5.69 Å². The van der Waals surface area contributed by atoms with Crippen molar-refractivity contribution in [2.45, 2.75) is 10.8 Å². The number of ether oxygens (including phenoxy) is 1. The van der Waals surface area contributed by atoms with Crippen molar-refractivity contribution in [3.63, 3.8) is 0 Å². The lowest BCUT2D eigenvalue weighted by molar-refractivity contribution is 0.415. The molecule has 0 atom stereocenters. The Morgan fingerprint density at radius 3 is 1.91 bits per heavy atom. The summed E-state index contributed by atoms with van der Waals surface area (Å²) in [7, 11) is -2.43. The number of benzene rings is 4. The lowest BCUT2D eigenvalue weighted by atomic mass is 9.85.